The van der Waals surface area contributed by atoms with Gasteiger partial charge in [-0.2, -0.15) is 0 Å². The number of hydrogen-bond donors (Lipinski definition) is 1. The third-order valence-electron chi connectivity index (χ3n) is 2.56. The van der Waals surface area contributed by atoms with Crippen molar-refractivity contribution < 1.29 is 13.2 Å². The first-order chi connectivity index (χ1) is 8.95. The second kappa shape index (κ2) is 5.84. The van der Waals surface area contributed by atoms with Gasteiger partial charge in [0.05, 0.1) is 9.92 Å². The first-order valence-electron chi connectivity index (χ1n) is 6.32. The van der Waals surface area contributed by atoms with Crippen LogP contribution >= 0.6 is 11.6 Å². The van der Waals surface area contributed by atoms with Crippen molar-refractivity contribution in [1.82, 2.24) is 4.72 Å². The van der Waals surface area contributed by atoms with Gasteiger partial charge >= 0.3 is 0 Å². The van der Waals surface area contributed by atoms with Gasteiger partial charge in [-0.1, -0.05) is 32.4 Å². The summed E-state index contributed by atoms with van der Waals surface area (Å²) in [6.45, 7) is 8.75. The van der Waals surface area contributed by atoms with Crippen molar-refractivity contribution >= 4 is 27.4 Å². The van der Waals surface area contributed by atoms with Crippen LogP contribution in [0.1, 0.15) is 45.0 Å². The molecule has 0 atom stereocenters. The molecule has 20 heavy (non-hydrogen) atoms. The summed E-state index contributed by atoms with van der Waals surface area (Å²) in [5.74, 6) is -0.191. The summed E-state index contributed by atoms with van der Waals surface area (Å²) in [4.78, 5) is 12.3. The van der Waals surface area contributed by atoms with Crippen LogP contribution in [0.15, 0.2) is 23.1 Å². The van der Waals surface area contributed by atoms with Gasteiger partial charge in [0.1, 0.15) is 0 Å². The highest BCUT2D eigenvalue weighted by atomic mass is 35.5. The van der Waals surface area contributed by atoms with Gasteiger partial charge < -0.3 is 0 Å². The lowest BCUT2D eigenvalue weighted by Gasteiger charge is -2.18. The zero-order valence-corrected chi connectivity index (χ0v) is 13.9. The lowest BCUT2D eigenvalue weighted by molar-refractivity contribution is 0.0858. The van der Waals surface area contributed by atoms with Crippen LogP contribution < -0.4 is 4.72 Å². The normalized spacial score (nSPS) is 12.8. The first-order valence-corrected chi connectivity index (χ1v) is 8.18. The maximum absolute atomic E-state index is 12.3. The molecule has 0 aliphatic heterocycles. The molecule has 0 unspecified atom stereocenters. The molecule has 0 fully saturated rings. The van der Waals surface area contributed by atoms with E-state index in [-0.39, 0.29) is 27.3 Å². The maximum Gasteiger partial charge on any atom is 0.240 e. The van der Waals surface area contributed by atoms with Gasteiger partial charge in [-0.3, -0.25) is 4.79 Å². The third kappa shape index (κ3) is 4.04. The number of ketones is 1. The number of halogens is 1. The van der Waals surface area contributed by atoms with E-state index in [9.17, 15) is 13.2 Å². The fourth-order valence-electron chi connectivity index (χ4n) is 1.63. The summed E-state index contributed by atoms with van der Waals surface area (Å²) in [5.41, 5.74) is -0.400. The standard InChI is InChI=1S/C14H20ClNO3S/c1-9(2)16-20(18,19)10-6-7-12(15)11(8-10)13(17)14(3,4)5/h6-9,16H,1-5H3. The molecule has 0 aromatic heterocycles. The second-order valence-electron chi connectivity index (χ2n) is 6.00. The van der Waals surface area contributed by atoms with E-state index in [4.69, 9.17) is 11.6 Å². The van der Waals surface area contributed by atoms with Crippen LogP contribution in [-0.4, -0.2) is 20.2 Å². The van der Waals surface area contributed by atoms with Crippen LogP contribution in [0, 0.1) is 5.41 Å². The Morgan fingerprint density at radius 3 is 2.25 bits per heavy atom. The molecule has 0 heterocycles. The molecule has 0 radical (unpaired) electrons. The Bertz CT molecular complexity index is 616. The van der Waals surface area contributed by atoms with E-state index < -0.39 is 15.4 Å². The number of carbonyl (C=O) groups excluding carboxylic acids is 1. The molecular weight excluding hydrogens is 298 g/mol. The molecule has 0 saturated carbocycles. The Labute approximate surface area is 125 Å². The number of Topliss-reactive ketones (excluding diaryl/α,β-unsaturated/α-hetero) is 1. The van der Waals surface area contributed by atoms with Gasteiger partial charge in [-0.05, 0) is 32.0 Å². The molecule has 0 amide bonds. The van der Waals surface area contributed by atoms with Crippen LogP contribution in [0.3, 0.4) is 0 Å². The fourth-order valence-corrected chi connectivity index (χ4v) is 3.11. The smallest absolute Gasteiger partial charge is 0.240 e. The minimum atomic E-state index is -3.64. The molecule has 0 aliphatic carbocycles. The Morgan fingerprint density at radius 1 is 1.25 bits per heavy atom. The molecule has 1 N–H and O–H groups in total. The van der Waals surface area contributed by atoms with Gasteiger partial charge in [0, 0.05) is 17.0 Å². The molecule has 0 bridgehead atoms. The van der Waals surface area contributed by atoms with E-state index in [2.05, 4.69) is 4.72 Å². The highest BCUT2D eigenvalue weighted by Crippen LogP contribution is 2.28. The summed E-state index contributed by atoms with van der Waals surface area (Å²) in [5, 5.41) is 0.258. The topological polar surface area (TPSA) is 63.2 Å². The first kappa shape index (κ1) is 17.1. The molecule has 1 aromatic rings. The van der Waals surface area contributed by atoms with Gasteiger partial charge in [0.2, 0.25) is 10.0 Å². The molecule has 112 valence electrons. The van der Waals surface area contributed by atoms with E-state index in [1.807, 2.05) is 0 Å². The van der Waals surface area contributed by atoms with Crippen molar-refractivity contribution in [3.8, 4) is 0 Å². The van der Waals surface area contributed by atoms with E-state index in [1.165, 1.54) is 18.2 Å². The molecule has 0 aliphatic rings. The monoisotopic (exact) mass is 317 g/mol. The predicted molar refractivity (Wildman–Crippen MR) is 80.7 cm³/mol. The summed E-state index contributed by atoms with van der Waals surface area (Å²) in [6.07, 6.45) is 0. The number of benzene rings is 1. The van der Waals surface area contributed by atoms with Crippen molar-refractivity contribution in [2.45, 2.75) is 45.6 Å². The summed E-state index contributed by atoms with van der Waals surface area (Å²) >= 11 is 6.02. The van der Waals surface area contributed by atoms with Crippen LogP contribution in [0.5, 0.6) is 0 Å². The van der Waals surface area contributed by atoms with E-state index in [0.717, 1.165) is 0 Å². The summed E-state index contributed by atoms with van der Waals surface area (Å²) in [6, 6.07) is 3.94. The van der Waals surface area contributed by atoms with Crippen molar-refractivity contribution in [2.24, 2.45) is 5.41 Å². The number of nitrogens with one attached hydrogen (secondary N) is 1. The van der Waals surface area contributed by atoms with Crippen molar-refractivity contribution in [3.63, 3.8) is 0 Å². The van der Waals surface area contributed by atoms with E-state index >= 15 is 0 Å². The van der Waals surface area contributed by atoms with Crippen LogP contribution in [-0.2, 0) is 10.0 Å². The van der Waals surface area contributed by atoms with Crippen molar-refractivity contribution in [3.05, 3.63) is 28.8 Å². The Morgan fingerprint density at radius 2 is 1.80 bits per heavy atom. The predicted octanol–water partition coefficient (Wildman–Crippen LogP) is 3.26. The Hall–Kier alpha value is -0.910. The largest absolute Gasteiger partial charge is 0.294 e. The molecule has 4 nitrogen and oxygen atoms in total. The zero-order valence-electron chi connectivity index (χ0n) is 12.3. The highest BCUT2D eigenvalue weighted by molar-refractivity contribution is 7.89. The number of carbonyl (C=O) groups is 1. The van der Waals surface area contributed by atoms with Gasteiger partial charge in [0.15, 0.2) is 5.78 Å². The number of hydrogen-bond acceptors (Lipinski definition) is 3. The molecular formula is C14H20ClNO3S. The average molecular weight is 318 g/mol. The number of rotatable bonds is 4. The van der Waals surface area contributed by atoms with Gasteiger partial charge in [-0.25, -0.2) is 13.1 Å². The lowest BCUT2D eigenvalue weighted by atomic mass is 9.86. The zero-order chi connectivity index (χ0) is 15.7. The fraction of sp³-hybridized carbons (Fsp3) is 0.500. The van der Waals surface area contributed by atoms with Crippen LogP contribution in [0.25, 0.3) is 0 Å². The molecule has 0 saturated heterocycles. The molecule has 1 aromatic carbocycles. The van der Waals surface area contributed by atoms with Gasteiger partial charge in [-0.15, -0.1) is 0 Å². The SMILES string of the molecule is CC(C)NS(=O)(=O)c1ccc(Cl)c(C(=O)C(C)(C)C)c1. The second-order valence-corrected chi connectivity index (χ2v) is 8.12. The molecule has 0 spiro atoms. The maximum atomic E-state index is 12.3. The average Bonchev–Trinajstić information content (AvgIpc) is 2.25. The van der Waals surface area contributed by atoms with E-state index in [0.29, 0.717) is 0 Å². The highest BCUT2D eigenvalue weighted by Gasteiger charge is 2.26. The summed E-state index contributed by atoms with van der Waals surface area (Å²) in [7, 11) is -3.64. The van der Waals surface area contributed by atoms with Crippen molar-refractivity contribution in [1.29, 1.82) is 0 Å². The third-order valence-corrected chi connectivity index (χ3v) is 4.55. The van der Waals surface area contributed by atoms with Crippen LogP contribution in [0.4, 0.5) is 0 Å². The Kier molecular flexibility index (Phi) is 5.00. The number of sulfonamides is 1. The summed E-state index contributed by atoms with van der Waals surface area (Å²) < 4.78 is 26.7. The van der Waals surface area contributed by atoms with Crippen LogP contribution in [0.2, 0.25) is 5.02 Å². The minimum Gasteiger partial charge on any atom is -0.294 e. The lowest BCUT2D eigenvalue weighted by Crippen LogP contribution is -2.30. The van der Waals surface area contributed by atoms with Gasteiger partial charge in [0.25, 0.3) is 0 Å². The quantitative estimate of drug-likeness (QED) is 0.867. The van der Waals surface area contributed by atoms with E-state index in [1.54, 1.807) is 34.6 Å². The molecule has 1 rings (SSSR count). The Balaban J connectivity index is 3.33. The minimum absolute atomic E-state index is 0.0446. The molecule has 6 heteroatoms. The van der Waals surface area contributed by atoms with Crippen molar-refractivity contribution in [2.75, 3.05) is 0 Å².